The predicted molar refractivity (Wildman–Crippen MR) is 46.9 cm³/mol. The largest absolute Gasteiger partial charge is 0.464 e. The summed E-state index contributed by atoms with van der Waals surface area (Å²) in [7, 11) is 0. The molecule has 0 aromatic rings. The summed E-state index contributed by atoms with van der Waals surface area (Å²) < 4.78 is 4.92. The van der Waals surface area contributed by atoms with Crippen molar-refractivity contribution in [1.82, 2.24) is 5.32 Å². The molecule has 0 heterocycles. The molecule has 0 saturated heterocycles. The topological polar surface area (TPSA) is 55.4 Å². The van der Waals surface area contributed by atoms with Crippen molar-refractivity contribution in [3.63, 3.8) is 0 Å². The zero-order valence-corrected chi connectivity index (χ0v) is 7.73. The van der Waals surface area contributed by atoms with Crippen LogP contribution < -0.4 is 5.32 Å². The molecule has 0 aromatic carbocycles. The van der Waals surface area contributed by atoms with Gasteiger partial charge in [-0.15, -0.1) is 0 Å². The second-order valence-electron chi connectivity index (χ2n) is 3.54. The molecule has 1 unspecified atom stereocenters. The second kappa shape index (κ2) is 4.84. The molecule has 0 spiro atoms. The molecule has 1 aliphatic carbocycles. The summed E-state index contributed by atoms with van der Waals surface area (Å²) in [6.07, 6.45) is 3.38. The SMILES string of the molecule is CC1C[C@H](NC=O)CC[C@@H]1OC=O. The molecule has 0 aliphatic heterocycles. The number of hydrogen-bond donors (Lipinski definition) is 1. The van der Waals surface area contributed by atoms with Crippen LogP contribution in [0.3, 0.4) is 0 Å². The van der Waals surface area contributed by atoms with Crippen LogP contribution in [0.25, 0.3) is 0 Å². The fourth-order valence-electron chi connectivity index (χ4n) is 1.89. The Kier molecular flexibility index (Phi) is 3.73. The van der Waals surface area contributed by atoms with Crippen molar-refractivity contribution in [3.8, 4) is 0 Å². The van der Waals surface area contributed by atoms with Crippen LogP contribution in [0, 0.1) is 5.92 Å². The monoisotopic (exact) mass is 185 g/mol. The molecule has 1 N–H and O–H groups in total. The summed E-state index contributed by atoms with van der Waals surface area (Å²) in [5.74, 6) is 0.330. The van der Waals surface area contributed by atoms with Gasteiger partial charge >= 0.3 is 0 Å². The first-order valence-corrected chi connectivity index (χ1v) is 4.56. The third kappa shape index (κ3) is 2.72. The number of carbonyl (C=O) groups is 2. The molecule has 1 saturated carbocycles. The Bertz CT molecular complexity index is 184. The van der Waals surface area contributed by atoms with E-state index in [1.54, 1.807) is 0 Å². The molecule has 0 radical (unpaired) electrons. The van der Waals surface area contributed by atoms with Gasteiger partial charge in [-0.05, 0) is 25.2 Å². The van der Waals surface area contributed by atoms with E-state index in [1.165, 1.54) is 0 Å². The number of ether oxygens (including phenoxy) is 1. The Morgan fingerprint density at radius 2 is 2.15 bits per heavy atom. The maximum absolute atomic E-state index is 10.2. The highest BCUT2D eigenvalue weighted by molar-refractivity contribution is 5.46. The number of nitrogens with one attached hydrogen (secondary N) is 1. The zero-order valence-electron chi connectivity index (χ0n) is 7.73. The Morgan fingerprint density at radius 1 is 1.38 bits per heavy atom. The quantitative estimate of drug-likeness (QED) is 0.647. The Hall–Kier alpha value is -1.06. The van der Waals surface area contributed by atoms with Crippen molar-refractivity contribution in [2.24, 2.45) is 5.92 Å². The minimum Gasteiger partial charge on any atom is -0.464 e. The molecule has 1 rings (SSSR count). The van der Waals surface area contributed by atoms with E-state index in [0.717, 1.165) is 25.7 Å². The highest BCUT2D eigenvalue weighted by Gasteiger charge is 2.28. The summed E-state index contributed by atoms with van der Waals surface area (Å²) >= 11 is 0. The van der Waals surface area contributed by atoms with Gasteiger partial charge in [-0.25, -0.2) is 0 Å². The van der Waals surface area contributed by atoms with Gasteiger partial charge in [0.1, 0.15) is 6.10 Å². The van der Waals surface area contributed by atoms with Crippen LogP contribution in [0.1, 0.15) is 26.2 Å². The van der Waals surface area contributed by atoms with E-state index < -0.39 is 0 Å². The van der Waals surface area contributed by atoms with Gasteiger partial charge in [0.25, 0.3) is 6.47 Å². The van der Waals surface area contributed by atoms with Crippen LogP contribution in [0.4, 0.5) is 0 Å². The lowest BCUT2D eigenvalue weighted by atomic mass is 9.84. The van der Waals surface area contributed by atoms with Crippen molar-refractivity contribution in [1.29, 1.82) is 0 Å². The van der Waals surface area contributed by atoms with Gasteiger partial charge in [-0.3, -0.25) is 9.59 Å². The van der Waals surface area contributed by atoms with E-state index in [0.29, 0.717) is 12.4 Å². The maximum Gasteiger partial charge on any atom is 0.293 e. The van der Waals surface area contributed by atoms with Crippen molar-refractivity contribution in [3.05, 3.63) is 0 Å². The minimum atomic E-state index is 0.0298. The van der Waals surface area contributed by atoms with Crippen molar-refractivity contribution < 1.29 is 14.3 Å². The van der Waals surface area contributed by atoms with Crippen LogP contribution in [0.5, 0.6) is 0 Å². The molecular weight excluding hydrogens is 170 g/mol. The number of rotatable bonds is 4. The highest BCUT2D eigenvalue weighted by Crippen LogP contribution is 2.26. The molecule has 4 heteroatoms. The standard InChI is InChI=1S/C9H15NO3/c1-7-4-8(10-5-11)2-3-9(7)13-6-12/h5-9H,2-4H2,1H3,(H,10,11)/t7?,8-,9+/m1/s1. The third-order valence-electron chi connectivity index (χ3n) is 2.62. The smallest absolute Gasteiger partial charge is 0.293 e. The van der Waals surface area contributed by atoms with E-state index >= 15 is 0 Å². The van der Waals surface area contributed by atoms with Gasteiger partial charge in [0.15, 0.2) is 0 Å². The van der Waals surface area contributed by atoms with E-state index in [4.69, 9.17) is 4.74 Å². The summed E-state index contributed by atoms with van der Waals surface area (Å²) in [6.45, 7) is 2.54. The van der Waals surface area contributed by atoms with E-state index in [9.17, 15) is 9.59 Å². The molecule has 1 fully saturated rings. The fourth-order valence-corrected chi connectivity index (χ4v) is 1.89. The molecular formula is C9H15NO3. The maximum atomic E-state index is 10.2. The third-order valence-corrected chi connectivity index (χ3v) is 2.62. The van der Waals surface area contributed by atoms with E-state index in [1.807, 2.05) is 6.92 Å². The first kappa shape index (κ1) is 10.0. The fraction of sp³-hybridized carbons (Fsp3) is 0.778. The molecule has 0 bridgehead atoms. The average molecular weight is 185 g/mol. The van der Waals surface area contributed by atoms with Gasteiger partial charge in [0.2, 0.25) is 6.41 Å². The van der Waals surface area contributed by atoms with Crippen LogP contribution in [-0.4, -0.2) is 25.0 Å². The van der Waals surface area contributed by atoms with Gasteiger partial charge < -0.3 is 10.1 Å². The summed E-state index contributed by atoms with van der Waals surface area (Å²) in [5, 5.41) is 2.75. The molecule has 1 aliphatic rings. The molecule has 13 heavy (non-hydrogen) atoms. The van der Waals surface area contributed by atoms with E-state index in [2.05, 4.69) is 5.32 Å². The number of hydrogen-bond acceptors (Lipinski definition) is 3. The molecule has 0 aromatic heterocycles. The van der Waals surface area contributed by atoms with E-state index in [-0.39, 0.29) is 12.1 Å². The molecule has 4 nitrogen and oxygen atoms in total. The number of amides is 1. The summed E-state index contributed by atoms with van der Waals surface area (Å²) in [4.78, 5) is 20.3. The van der Waals surface area contributed by atoms with Crippen LogP contribution >= 0.6 is 0 Å². The zero-order chi connectivity index (χ0) is 9.68. The predicted octanol–water partition coefficient (Wildman–Crippen LogP) is 0.463. The van der Waals surface area contributed by atoms with Crippen LogP contribution in [0.15, 0.2) is 0 Å². The summed E-state index contributed by atoms with van der Waals surface area (Å²) in [5.41, 5.74) is 0. The van der Waals surface area contributed by atoms with Crippen molar-refractivity contribution in [2.75, 3.05) is 0 Å². The average Bonchev–Trinajstić information content (AvgIpc) is 2.10. The van der Waals surface area contributed by atoms with Crippen molar-refractivity contribution >= 4 is 12.9 Å². The van der Waals surface area contributed by atoms with Crippen LogP contribution in [-0.2, 0) is 14.3 Å². The number of carbonyl (C=O) groups excluding carboxylic acids is 2. The minimum absolute atomic E-state index is 0.0298. The molecule has 1 amide bonds. The van der Waals surface area contributed by atoms with Crippen LogP contribution in [0.2, 0.25) is 0 Å². The Labute approximate surface area is 77.6 Å². The lowest BCUT2D eigenvalue weighted by Crippen LogP contribution is -2.39. The first-order chi connectivity index (χ1) is 6.27. The first-order valence-electron chi connectivity index (χ1n) is 4.56. The summed E-state index contributed by atoms with van der Waals surface area (Å²) in [6, 6.07) is 0.249. The van der Waals surface area contributed by atoms with Gasteiger partial charge in [-0.2, -0.15) is 0 Å². The van der Waals surface area contributed by atoms with Gasteiger partial charge in [-0.1, -0.05) is 6.92 Å². The van der Waals surface area contributed by atoms with Crippen molar-refractivity contribution in [2.45, 2.75) is 38.3 Å². The molecule has 3 atom stereocenters. The lowest BCUT2D eigenvalue weighted by Gasteiger charge is -2.32. The Morgan fingerprint density at radius 3 is 2.69 bits per heavy atom. The van der Waals surface area contributed by atoms with Gasteiger partial charge in [0, 0.05) is 6.04 Å². The molecule has 74 valence electrons. The normalized spacial score (nSPS) is 33.5. The highest BCUT2D eigenvalue weighted by atomic mass is 16.5. The Balaban J connectivity index is 2.36. The van der Waals surface area contributed by atoms with Gasteiger partial charge in [0.05, 0.1) is 0 Å². The lowest BCUT2D eigenvalue weighted by molar-refractivity contribution is -0.138. The second-order valence-corrected chi connectivity index (χ2v) is 3.54.